The lowest BCUT2D eigenvalue weighted by molar-refractivity contribution is 0.536. The van der Waals surface area contributed by atoms with Crippen LogP contribution >= 0.6 is 58.0 Å². The van der Waals surface area contributed by atoms with Gasteiger partial charge in [0, 0.05) is 32.2 Å². The van der Waals surface area contributed by atoms with E-state index in [2.05, 4.69) is 0 Å². The highest BCUT2D eigenvalue weighted by atomic mass is 35.5. The second kappa shape index (κ2) is 7.44. The molecule has 0 atom stereocenters. The summed E-state index contributed by atoms with van der Waals surface area (Å²) in [6.07, 6.45) is 0.597. The van der Waals surface area contributed by atoms with Gasteiger partial charge < -0.3 is 0 Å². The van der Waals surface area contributed by atoms with Crippen molar-refractivity contribution in [2.75, 3.05) is 11.8 Å². The Morgan fingerprint density at radius 1 is 0.810 bits per heavy atom. The first kappa shape index (κ1) is 17.2. The highest BCUT2D eigenvalue weighted by Gasteiger charge is 2.33. The summed E-state index contributed by atoms with van der Waals surface area (Å²) in [6, 6.07) is 13.0. The van der Waals surface area contributed by atoms with E-state index in [1.54, 1.807) is 6.07 Å². The Labute approximate surface area is 149 Å². The van der Waals surface area contributed by atoms with Crippen molar-refractivity contribution in [3.63, 3.8) is 0 Å². The van der Waals surface area contributed by atoms with E-state index in [1.165, 1.54) is 0 Å². The number of halogens is 5. The fourth-order valence-corrected chi connectivity index (χ4v) is 3.86. The summed E-state index contributed by atoms with van der Waals surface area (Å²) < 4.78 is 0. The van der Waals surface area contributed by atoms with Crippen LogP contribution < -0.4 is 0 Å². The third-order valence-electron chi connectivity index (χ3n) is 3.50. The van der Waals surface area contributed by atoms with E-state index < -0.39 is 5.41 Å². The maximum Gasteiger partial charge on any atom is 0.0453 e. The molecule has 0 unspecified atom stereocenters. The minimum absolute atomic E-state index is 0.346. The highest BCUT2D eigenvalue weighted by molar-refractivity contribution is 6.35. The van der Waals surface area contributed by atoms with Crippen LogP contribution in [0.4, 0.5) is 0 Å². The topological polar surface area (TPSA) is 0 Å². The Bertz CT molecular complexity index is 620. The molecule has 0 amide bonds. The molecule has 0 spiro atoms. The van der Waals surface area contributed by atoms with E-state index in [0.29, 0.717) is 33.2 Å². The summed E-state index contributed by atoms with van der Waals surface area (Å²) in [7, 11) is 0. The fourth-order valence-electron chi connectivity index (χ4n) is 2.29. The van der Waals surface area contributed by atoms with Crippen LogP contribution in [0.25, 0.3) is 0 Å². The number of hydrogen-bond acceptors (Lipinski definition) is 0. The van der Waals surface area contributed by atoms with Gasteiger partial charge in [-0.2, -0.15) is 0 Å². The van der Waals surface area contributed by atoms with Gasteiger partial charge in [-0.3, -0.25) is 0 Å². The Kier molecular flexibility index (Phi) is 6.11. The van der Waals surface area contributed by atoms with Gasteiger partial charge in [-0.25, -0.2) is 0 Å². The van der Waals surface area contributed by atoms with Crippen molar-refractivity contribution >= 4 is 58.0 Å². The largest absolute Gasteiger partial charge is 0.126 e. The molecule has 0 bridgehead atoms. The predicted octanol–water partition coefficient (Wildman–Crippen LogP) is 6.60. The van der Waals surface area contributed by atoms with Crippen molar-refractivity contribution in [1.82, 2.24) is 0 Å². The zero-order valence-electron chi connectivity index (χ0n) is 11.1. The molecular weight excluding hydrogens is 369 g/mol. The summed E-state index contributed by atoms with van der Waals surface area (Å²) in [5.74, 6) is 0.693. The Balaban J connectivity index is 2.46. The quantitative estimate of drug-likeness (QED) is 0.511. The Hall–Kier alpha value is -0.110. The van der Waals surface area contributed by atoms with Gasteiger partial charge in [0.25, 0.3) is 0 Å². The molecule has 0 radical (unpaired) electrons. The van der Waals surface area contributed by atoms with E-state index in [9.17, 15) is 0 Å². The van der Waals surface area contributed by atoms with Gasteiger partial charge in [-0.1, -0.05) is 59.1 Å². The molecule has 2 aromatic rings. The van der Waals surface area contributed by atoms with Crippen LogP contribution in [-0.2, 0) is 11.8 Å². The van der Waals surface area contributed by atoms with Crippen LogP contribution in [0, 0.1) is 0 Å². The molecule has 2 aromatic carbocycles. The summed E-state index contributed by atoms with van der Waals surface area (Å²) in [6.45, 7) is 0. The molecule has 0 saturated heterocycles. The molecule has 5 heteroatoms. The lowest BCUT2D eigenvalue weighted by Crippen LogP contribution is -2.33. The number of benzene rings is 2. The molecule has 0 saturated carbocycles. The second-order valence-corrected chi connectivity index (χ2v) is 6.73. The predicted molar refractivity (Wildman–Crippen MR) is 94.7 cm³/mol. The molecule has 0 aromatic heterocycles. The lowest BCUT2D eigenvalue weighted by Gasteiger charge is -2.31. The van der Waals surface area contributed by atoms with Crippen LogP contribution in [0.15, 0.2) is 42.5 Å². The van der Waals surface area contributed by atoms with E-state index in [1.807, 2.05) is 36.4 Å². The van der Waals surface area contributed by atoms with E-state index >= 15 is 0 Å². The van der Waals surface area contributed by atoms with E-state index in [0.717, 1.165) is 11.1 Å². The third kappa shape index (κ3) is 3.81. The monoisotopic (exact) mass is 380 g/mol. The molecule has 21 heavy (non-hydrogen) atoms. The number of alkyl halides is 2. The van der Waals surface area contributed by atoms with Gasteiger partial charge in [0.15, 0.2) is 0 Å². The standard InChI is InChI=1S/C16H13Cl5/c17-9-16(10-18,13-3-1-2-4-14(13)20)8-11-5-6-12(19)7-15(11)21/h1-7H,8-10H2. The van der Waals surface area contributed by atoms with Crippen LogP contribution in [0.3, 0.4) is 0 Å². The molecule has 0 fully saturated rings. The highest BCUT2D eigenvalue weighted by Crippen LogP contribution is 2.37. The average Bonchev–Trinajstić information content (AvgIpc) is 2.48. The fraction of sp³-hybridized carbons (Fsp3) is 0.250. The van der Waals surface area contributed by atoms with Gasteiger partial charge >= 0.3 is 0 Å². The van der Waals surface area contributed by atoms with Crippen molar-refractivity contribution in [3.8, 4) is 0 Å². The third-order valence-corrected chi connectivity index (χ3v) is 5.44. The molecule has 2 rings (SSSR count). The van der Waals surface area contributed by atoms with Crippen LogP contribution in [0.1, 0.15) is 11.1 Å². The minimum Gasteiger partial charge on any atom is -0.126 e. The molecule has 0 aliphatic carbocycles. The molecular formula is C16H13Cl5. The second-order valence-electron chi connectivity index (χ2n) is 4.94. The van der Waals surface area contributed by atoms with E-state index in [-0.39, 0.29) is 0 Å². The van der Waals surface area contributed by atoms with Crippen molar-refractivity contribution in [3.05, 3.63) is 68.7 Å². The van der Waals surface area contributed by atoms with Crippen molar-refractivity contribution in [1.29, 1.82) is 0 Å². The maximum absolute atomic E-state index is 6.33. The van der Waals surface area contributed by atoms with Gasteiger partial charge in [0.05, 0.1) is 0 Å². The minimum atomic E-state index is -0.473. The average molecular weight is 383 g/mol. The van der Waals surface area contributed by atoms with Crippen LogP contribution in [0.2, 0.25) is 15.1 Å². The van der Waals surface area contributed by atoms with Gasteiger partial charge in [-0.15, -0.1) is 23.2 Å². The van der Waals surface area contributed by atoms with E-state index in [4.69, 9.17) is 58.0 Å². The summed E-state index contributed by atoms with van der Waals surface area (Å²) in [5, 5.41) is 1.86. The molecule has 0 nitrogen and oxygen atoms in total. The van der Waals surface area contributed by atoms with Crippen LogP contribution in [-0.4, -0.2) is 11.8 Å². The zero-order chi connectivity index (χ0) is 15.5. The first-order valence-electron chi connectivity index (χ1n) is 6.33. The molecule has 0 aliphatic rings. The molecule has 0 aliphatic heterocycles. The molecule has 0 heterocycles. The summed E-state index contributed by atoms with van der Waals surface area (Å²) in [5.41, 5.74) is 1.41. The number of rotatable bonds is 5. The van der Waals surface area contributed by atoms with Gasteiger partial charge in [-0.05, 0) is 35.7 Å². The summed E-state index contributed by atoms with van der Waals surface area (Å²) >= 11 is 31.0. The summed E-state index contributed by atoms with van der Waals surface area (Å²) in [4.78, 5) is 0. The Morgan fingerprint density at radius 2 is 1.48 bits per heavy atom. The Morgan fingerprint density at radius 3 is 2.05 bits per heavy atom. The first-order valence-corrected chi connectivity index (χ1v) is 8.53. The molecule has 0 N–H and O–H groups in total. The van der Waals surface area contributed by atoms with Crippen molar-refractivity contribution in [2.45, 2.75) is 11.8 Å². The SMILES string of the molecule is ClCC(CCl)(Cc1ccc(Cl)cc1Cl)c1ccccc1Cl. The normalized spacial score (nSPS) is 11.7. The van der Waals surface area contributed by atoms with Crippen LogP contribution in [0.5, 0.6) is 0 Å². The first-order chi connectivity index (χ1) is 10.0. The molecule has 112 valence electrons. The maximum atomic E-state index is 6.33. The van der Waals surface area contributed by atoms with Gasteiger partial charge in [0.2, 0.25) is 0 Å². The number of hydrogen-bond donors (Lipinski definition) is 0. The van der Waals surface area contributed by atoms with Gasteiger partial charge in [0.1, 0.15) is 0 Å². The van der Waals surface area contributed by atoms with Crippen molar-refractivity contribution < 1.29 is 0 Å². The van der Waals surface area contributed by atoms with Crippen molar-refractivity contribution in [2.24, 2.45) is 0 Å². The lowest BCUT2D eigenvalue weighted by atomic mass is 9.78. The zero-order valence-corrected chi connectivity index (χ0v) is 14.8. The smallest absolute Gasteiger partial charge is 0.0453 e.